The molecule has 13 nitrogen and oxygen atoms in total. The number of aliphatic hydroxyl groups is 5. The highest BCUT2D eigenvalue weighted by atomic mass is 31.2. The van der Waals surface area contributed by atoms with Crippen LogP contribution in [0.5, 0.6) is 0 Å². The molecule has 1 aliphatic rings. The molecule has 306 valence electrons. The Bertz CT molecular complexity index is 980. The number of hydrogen-bond acceptors (Lipinski definition) is 12. The monoisotopic (exact) mass is 766 g/mol. The fraction of sp³-hybridized carbons (Fsp3) is 0.895. The highest BCUT2D eigenvalue weighted by Crippen LogP contribution is 2.47. The number of rotatable bonds is 32. The van der Waals surface area contributed by atoms with Crippen LogP contribution in [0.1, 0.15) is 162 Å². The predicted molar refractivity (Wildman–Crippen MR) is 198 cm³/mol. The van der Waals surface area contributed by atoms with Crippen molar-refractivity contribution >= 4 is 19.8 Å². The second-order valence-corrected chi connectivity index (χ2v) is 15.5. The van der Waals surface area contributed by atoms with Crippen molar-refractivity contribution in [3.8, 4) is 0 Å². The molecular formula is C38H71O13P. The van der Waals surface area contributed by atoms with Crippen molar-refractivity contribution in [1.29, 1.82) is 0 Å². The van der Waals surface area contributed by atoms with Crippen LogP contribution in [0.15, 0.2) is 12.2 Å². The molecule has 0 radical (unpaired) electrons. The lowest BCUT2D eigenvalue weighted by Gasteiger charge is -2.41. The standard InChI is InChI=1S/C38H71O13P/c1-3-5-7-9-11-13-15-16-17-19-21-23-25-27-32(40)50-30(28-48-31(39)26-24-22-20-18-14-12-10-8-6-4-2)29-49-52(46,47)51-38-36(44)34(42)33(41)35(43)37(38)45/h13,15,30,33-38,41-45H,3-12,14,16-29H2,1-2H3,(H,46,47)/b15-13-. The Hall–Kier alpha value is -1.41. The molecule has 0 amide bonds. The van der Waals surface area contributed by atoms with Gasteiger partial charge in [0.1, 0.15) is 43.2 Å². The average molecular weight is 767 g/mol. The first kappa shape index (κ1) is 48.6. The van der Waals surface area contributed by atoms with Gasteiger partial charge in [0.15, 0.2) is 6.10 Å². The van der Waals surface area contributed by atoms with E-state index in [4.69, 9.17) is 18.5 Å². The summed E-state index contributed by atoms with van der Waals surface area (Å²) in [6.07, 6.45) is 14.3. The van der Waals surface area contributed by atoms with E-state index in [0.29, 0.717) is 12.8 Å². The number of hydrogen-bond donors (Lipinski definition) is 6. The van der Waals surface area contributed by atoms with Crippen molar-refractivity contribution in [2.24, 2.45) is 0 Å². The SMILES string of the molecule is CCCCCC/C=C\CCCCCCCC(=O)OC(COC(=O)CCCCCCCCCCCC)COP(=O)(O)OC1C(O)C(O)C(O)C(O)C1O. The number of carbonyl (C=O) groups is 2. The lowest BCUT2D eigenvalue weighted by molar-refractivity contribution is -0.220. The minimum atomic E-state index is -5.10. The van der Waals surface area contributed by atoms with Gasteiger partial charge in [-0.1, -0.05) is 122 Å². The van der Waals surface area contributed by atoms with E-state index in [1.807, 2.05) is 0 Å². The minimum Gasteiger partial charge on any atom is -0.462 e. The maximum Gasteiger partial charge on any atom is 0.472 e. The first-order valence-corrected chi connectivity index (χ1v) is 21.5. The van der Waals surface area contributed by atoms with Gasteiger partial charge in [0.25, 0.3) is 0 Å². The minimum absolute atomic E-state index is 0.0898. The largest absolute Gasteiger partial charge is 0.472 e. The Kier molecular flexibility index (Phi) is 27.9. The Morgan fingerprint density at radius 3 is 1.48 bits per heavy atom. The molecule has 0 bridgehead atoms. The number of unbranched alkanes of at least 4 members (excludes halogenated alkanes) is 18. The summed E-state index contributed by atoms with van der Waals surface area (Å²) in [5.74, 6) is -1.11. The van der Waals surface area contributed by atoms with E-state index in [2.05, 4.69) is 26.0 Å². The smallest absolute Gasteiger partial charge is 0.462 e. The first-order valence-electron chi connectivity index (χ1n) is 20.0. The summed E-state index contributed by atoms with van der Waals surface area (Å²) in [4.78, 5) is 35.4. The molecule has 1 aliphatic carbocycles. The molecule has 1 fully saturated rings. The van der Waals surface area contributed by atoms with Crippen LogP contribution in [0.2, 0.25) is 0 Å². The van der Waals surface area contributed by atoms with Gasteiger partial charge < -0.3 is 39.9 Å². The van der Waals surface area contributed by atoms with Gasteiger partial charge in [0.2, 0.25) is 0 Å². The van der Waals surface area contributed by atoms with Crippen molar-refractivity contribution < 1.29 is 63.1 Å². The molecule has 0 aromatic carbocycles. The molecule has 1 saturated carbocycles. The molecule has 0 aromatic rings. The Labute approximate surface area is 312 Å². The van der Waals surface area contributed by atoms with Crippen LogP contribution in [0.3, 0.4) is 0 Å². The maximum absolute atomic E-state index is 12.7. The lowest BCUT2D eigenvalue weighted by Crippen LogP contribution is -2.64. The molecule has 14 heteroatoms. The lowest BCUT2D eigenvalue weighted by atomic mass is 9.85. The fourth-order valence-corrected chi connectivity index (χ4v) is 7.02. The van der Waals surface area contributed by atoms with E-state index >= 15 is 0 Å². The number of ether oxygens (including phenoxy) is 2. The van der Waals surface area contributed by atoms with Crippen molar-refractivity contribution in [2.45, 2.75) is 204 Å². The van der Waals surface area contributed by atoms with E-state index in [-0.39, 0.29) is 12.8 Å². The van der Waals surface area contributed by atoms with Crippen molar-refractivity contribution in [3.05, 3.63) is 12.2 Å². The van der Waals surface area contributed by atoms with Gasteiger partial charge in [-0.15, -0.1) is 0 Å². The second kappa shape index (κ2) is 29.9. The van der Waals surface area contributed by atoms with Crippen LogP contribution >= 0.6 is 7.82 Å². The Morgan fingerprint density at radius 1 is 0.577 bits per heavy atom. The molecule has 0 aromatic heterocycles. The van der Waals surface area contributed by atoms with Crippen LogP contribution in [-0.4, -0.2) is 98.3 Å². The van der Waals surface area contributed by atoms with Gasteiger partial charge in [-0.25, -0.2) is 4.57 Å². The normalized spacial score (nSPS) is 23.8. The van der Waals surface area contributed by atoms with Gasteiger partial charge >= 0.3 is 19.8 Å². The topological polar surface area (TPSA) is 210 Å². The number of esters is 2. The second-order valence-electron chi connectivity index (χ2n) is 14.1. The molecular weight excluding hydrogens is 695 g/mol. The number of phosphoric acid groups is 1. The number of aliphatic hydroxyl groups excluding tert-OH is 5. The molecule has 0 spiro atoms. The van der Waals surface area contributed by atoms with Crippen molar-refractivity contribution in [1.82, 2.24) is 0 Å². The van der Waals surface area contributed by atoms with Crippen LogP contribution < -0.4 is 0 Å². The molecule has 6 atom stereocenters. The zero-order valence-corrected chi connectivity index (χ0v) is 32.8. The molecule has 52 heavy (non-hydrogen) atoms. The molecule has 0 aliphatic heterocycles. The van der Waals surface area contributed by atoms with E-state index in [1.54, 1.807) is 0 Å². The van der Waals surface area contributed by atoms with Crippen molar-refractivity contribution in [2.75, 3.05) is 13.2 Å². The van der Waals surface area contributed by atoms with Crippen LogP contribution in [-0.2, 0) is 32.7 Å². The van der Waals surface area contributed by atoms with Gasteiger partial charge in [-0.3, -0.25) is 18.6 Å². The quantitative estimate of drug-likeness (QED) is 0.0192. The third kappa shape index (κ3) is 22.7. The third-order valence-corrected chi connectivity index (χ3v) is 10.3. The fourth-order valence-electron chi connectivity index (χ4n) is 6.05. The summed E-state index contributed by atoms with van der Waals surface area (Å²) in [6.45, 7) is 3.23. The number of phosphoric ester groups is 1. The van der Waals surface area contributed by atoms with Crippen LogP contribution in [0.4, 0.5) is 0 Å². The van der Waals surface area contributed by atoms with Crippen LogP contribution in [0, 0.1) is 0 Å². The van der Waals surface area contributed by atoms with E-state index in [0.717, 1.165) is 57.8 Å². The van der Waals surface area contributed by atoms with Crippen LogP contribution in [0.25, 0.3) is 0 Å². The highest BCUT2D eigenvalue weighted by Gasteiger charge is 2.51. The van der Waals surface area contributed by atoms with E-state index < -0.39 is 75.7 Å². The maximum atomic E-state index is 12.7. The zero-order valence-electron chi connectivity index (χ0n) is 31.9. The molecule has 6 unspecified atom stereocenters. The van der Waals surface area contributed by atoms with Crippen molar-refractivity contribution in [3.63, 3.8) is 0 Å². The van der Waals surface area contributed by atoms with Gasteiger partial charge in [0.05, 0.1) is 6.61 Å². The summed E-state index contributed by atoms with van der Waals surface area (Å²) in [5, 5.41) is 49.9. The number of carbonyl (C=O) groups excluding carboxylic acids is 2. The molecule has 1 rings (SSSR count). The Morgan fingerprint density at radius 2 is 0.981 bits per heavy atom. The summed E-state index contributed by atoms with van der Waals surface area (Å²) >= 11 is 0. The molecule has 0 saturated heterocycles. The van der Waals surface area contributed by atoms with E-state index in [9.17, 15) is 44.6 Å². The first-order chi connectivity index (χ1) is 24.9. The van der Waals surface area contributed by atoms with E-state index in [1.165, 1.54) is 64.2 Å². The highest BCUT2D eigenvalue weighted by molar-refractivity contribution is 7.47. The Balaban J connectivity index is 2.54. The number of allylic oxidation sites excluding steroid dienone is 2. The summed E-state index contributed by atoms with van der Waals surface area (Å²) in [6, 6.07) is 0. The third-order valence-electron chi connectivity index (χ3n) is 9.36. The van der Waals surface area contributed by atoms with Gasteiger partial charge in [-0.2, -0.15) is 0 Å². The summed E-state index contributed by atoms with van der Waals surface area (Å²) < 4.78 is 33.3. The zero-order chi connectivity index (χ0) is 38.6. The summed E-state index contributed by atoms with van der Waals surface area (Å²) in [5.41, 5.74) is 0. The molecule has 6 N–H and O–H groups in total. The summed E-state index contributed by atoms with van der Waals surface area (Å²) in [7, 11) is -5.10. The van der Waals surface area contributed by atoms with Gasteiger partial charge in [0, 0.05) is 12.8 Å². The van der Waals surface area contributed by atoms with Gasteiger partial charge in [-0.05, 0) is 38.5 Å². The average Bonchev–Trinajstić information content (AvgIpc) is 3.12. The molecule has 0 heterocycles. The predicted octanol–water partition coefficient (Wildman–Crippen LogP) is 6.33.